The van der Waals surface area contributed by atoms with Crippen molar-refractivity contribution in [3.05, 3.63) is 95.6 Å². The van der Waals surface area contributed by atoms with Gasteiger partial charge in [0.05, 0.1) is 0 Å². The van der Waals surface area contributed by atoms with Gasteiger partial charge in [0.15, 0.2) is 0 Å². The highest BCUT2D eigenvalue weighted by molar-refractivity contribution is 5.67. The van der Waals surface area contributed by atoms with Gasteiger partial charge in [-0.3, -0.25) is 0 Å². The second-order valence-corrected chi connectivity index (χ2v) is 7.15. The quantitative estimate of drug-likeness (QED) is 0.537. The second kappa shape index (κ2) is 6.42. The van der Waals surface area contributed by atoms with E-state index in [0.29, 0.717) is 0 Å². The molecule has 0 atom stereocenters. The molecule has 0 aliphatic heterocycles. The Morgan fingerprint density at radius 1 is 0.652 bits per heavy atom. The van der Waals surface area contributed by atoms with Crippen molar-refractivity contribution in [2.45, 2.75) is 32.6 Å². The third-order valence-corrected chi connectivity index (χ3v) is 4.32. The van der Waals surface area contributed by atoms with Crippen molar-refractivity contribution in [1.29, 1.82) is 0 Å². The Morgan fingerprint density at radius 3 is 1.91 bits per heavy atom. The van der Waals surface area contributed by atoms with Gasteiger partial charge in [-0.05, 0) is 39.7 Å². The average molecular weight is 300 g/mol. The van der Waals surface area contributed by atoms with Gasteiger partial charge in [-0.2, -0.15) is 0 Å². The van der Waals surface area contributed by atoms with E-state index in [1.54, 1.807) is 0 Å². The molecule has 23 heavy (non-hydrogen) atoms. The van der Waals surface area contributed by atoms with Gasteiger partial charge in [0.2, 0.25) is 0 Å². The standard InChI is InChI=1S/C23H24/c1-23(2,3)21-15-13-18(14-16-21)17-20-11-7-8-12-22(20)19-9-5-4-6-10-19/h4-16H,17H2,1-3H3. The third-order valence-electron chi connectivity index (χ3n) is 4.32. The Labute approximate surface area is 139 Å². The summed E-state index contributed by atoms with van der Waals surface area (Å²) in [5.41, 5.74) is 6.95. The summed E-state index contributed by atoms with van der Waals surface area (Å²) in [7, 11) is 0. The molecule has 0 radical (unpaired) electrons. The van der Waals surface area contributed by atoms with E-state index < -0.39 is 0 Å². The molecule has 0 saturated carbocycles. The lowest BCUT2D eigenvalue weighted by Gasteiger charge is -2.19. The van der Waals surface area contributed by atoms with Crippen molar-refractivity contribution in [3.8, 4) is 11.1 Å². The monoisotopic (exact) mass is 300 g/mol. The molecule has 0 spiro atoms. The van der Waals surface area contributed by atoms with Gasteiger partial charge in [-0.25, -0.2) is 0 Å². The smallest absolute Gasteiger partial charge is 0.00196 e. The average Bonchev–Trinajstić information content (AvgIpc) is 2.56. The van der Waals surface area contributed by atoms with Crippen LogP contribution in [0, 0.1) is 0 Å². The molecule has 0 fully saturated rings. The summed E-state index contributed by atoms with van der Waals surface area (Å²) in [6.07, 6.45) is 0.968. The van der Waals surface area contributed by atoms with Crippen LogP contribution in [-0.4, -0.2) is 0 Å². The molecule has 0 aromatic heterocycles. The van der Waals surface area contributed by atoms with Crippen LogP contribution in [0.5, 0.6) is 0 Å². The zero-order valence-electron chi connectivity index (χ0n) is 14.2. The maximum absolute atomic E-state index is 2.27. The van der Waals surface area contributed by atoms with Gasteiger partial charge in [0, 0.05) is 0 Å². The number of rotatable bonds is 3. The van der Waals surface area contributed by atoms with Gasteiger partial charge in [0.25, 0.3) is 0 Å². The predicted molar refractivity (Wildman–Crippen MR) is 99.8 cm³/mol. The second-order valence-electron chi connectivity index (χ2n) is 7.15. The van der Waals surface area contributed by atoms with Gasteiger partial charge in [0.1, 0.15) is 0 Å². The summed E-state index contributed by atoms with van der Waals surface area (Å²) in [5, 5.41) is 0. The molecular weight excluding hydrogens is 276 g/mol. The molecule has 0 N–H and O–H groups in total. The number of hydrogen-bond acceptors (Lipinski definition) is 0. The van der Waals surface area contributed by atoms with E-state index in [4.69, 9.17) is 0 Å². The van der Waals surface area contributed by atoms with Gasteiger partial charge in [-0.1, -0.05) is 99.6 Å². The van der Waals surface area contributed by atoms with Gasteiger partial charge in [-0.15, -0.1) is 0 Å². The largest absolute Gasteiger partial charge is 0.0622 e. The van der Waals surface area contributed by atoms with E-state index in [2.05, 4.69) is 99.6 Å². The third kappa shape index (κ3) is 3.71. The normalized spacial score (nSPS) is 11.4. The van der Waals surface area contributed by atoms with Crippen LogP contribution in [0.4, 0.5) is 0 Å². The minimum absolute atomic E-state index is 0.209. The fraction of sp³-hybridized carbons (Fsp3) is 0.217. The first kappa shape index (κ1) is 15.6. The van der Waals surface area contributed by atoms with Crippen molar-refractivity contribution < 1.29 is 0 Å². The summed E-state index contributed by atoms with van der Waals surface area (Å²) in [5.74, 6) is 0. The van der Waals surface area contributed by atoms with Crippen molar-refractivity contribution in [2.24, 2.45) is 0 Å². The maximum Gasteiger partial charge on any atom is -0.00196 e. The molecular formula is C23H24. The van der Waals surface area contributed by atoms with E-state index in [9.17, 15) is 0 Å². The van der Waals surface area contributed by atoms with Crippen LogP contribution in [0.3, 0.4) is 0 Å². The molecule has 0 heterocycles. The fourth-order valence-corrected chi connectivity index (χ4v) is 2.92. The van der Waals surface area contributed by atoms with Crippen molar-refractivity contribution >= 4 is 0 Å². The Kier molecular flexibility index (Phi) is 4.34. The van der Waals surface area contributed by atoms with E-state index in [0.717, 1.165) is 6.42 Å². The zero-order chi connectivity index (χ0) is 16.3. The summed E-state index contributed by atoms with van der Waals surface area (Å²) >= 11 is 0. The van der Waals surface area contributed by atoms with Crippen LogP contribution in [0.2, 0.25) is 0 Å². The van der Waals surface area contributed by atoms with E-state index in [-0.39, 0.29) is 5.41 Å². The molecule has 0 nitrogen and oxygen atoms in total. The minimum Gasteiger partial charge on any atom is -0.0622 e. The number of benzene rings is 3. The summed E-state index contributed by atoms with van der Waals surface area (Å²) in [6.45, 7) is 6.77. The summed E-state index contributed by atoms with van der Waals surface area (Å²) < 4.78 is 0. The van der Waals surface area contributed by atoms with Crippen LogP contribution in [0.1, 0.15) is 37.5 Å². The Hall–Kier alpha value is -2.34. The molecule has 0 amide bonds. The van der Waals surface area contributed by atoms with E-state index in [1.165, 1.54) is 27.8 Å². The first-order chi connectivity index (χ1) is 11.0. The Bertz CT molecular complexity index is 759. The fourth-order valence-electron chi connectivity index (χ4n) is 2.92. The number of hydrogen-bond donors (Lipinski definition) is 0. The van der Waals surface area contributed by atoms with Gasteiger partial charge < -0.3 is 0 Å². The molecule has 3 aromatic rings. The van der Waals surface area contributed by atoms with Gasteiger partial charge >= 0.3 is 0 Å². The molecule has 0 aliphatic rings. The van der Waals surface area contributed by atoms with Crippen LogP contribution < -0.4 is 0 Å². The highest BCUT2D eigenvalue weighted by atomic mass is 14.2. The Balaban J connectivity index is 1.89. The molecule has 0 bridgehead atoms. The topological polar surface area (TPSA) is 0 Å². The predicted octanol–water partition coefficient (Wildman–Crippen LogP) is 6.24. The molecule has 116 valence electrons. The SMILES string of the molecule is CC(C)(C)c1ccc(Cc2ccccc2-c2ccccc2)cc1. The first-order valence-corrected chi connectivity index (χ1v) is 8.27. The lowest BCUT2D eigenvalue weighted by molar-refractivity contribution is 0.590. The maximum atomic E-state index is 2.27. The molecule has 0 aliphatic carbocycles. The van der Waals surface area contributed by atoms with E-state index >= 15 is 0 Å². The zero-order valence-corrected chi connectivity index (χ0v) is 14.2. The van der Waals surface area contributed by atoms with Crippen molar-refractivity contribution in [1.82, 2.24) is 0 Å². The highest BCUT2D eigenvalue weighted by Gasteiger charge is 2.13. The molecule has 3 rings (SSSR count). The minimum atomic E-state index is 0.209. The molecule has 0 heteroatoms. The first-order valence-electron chi connectivity index (χ1n) is 8.27. The van der Waals surface area contributed by atoms with Crippen LogP contribution in [0.15, 0.2) is 78.9 Å². The highest BCUT2D eigenvalue weighted by Crippen LogP contribution is 2.27. The van der Waals surface area contributed by atoms with Crippen molar-refractivity contribution in [2.75, 3.05) is 0 Å². The summed E-state index contributed by atoms with van der Waals surface area (Å²) in [6, 6.07) is 28.4. The van der Waals surface area contributed by atoms with Crippen LogP contribution in [0.25, 0.3) is 11.1 Å². The van der Waals surface area contributed by atoms with Crippen molar-refractivity contribution in [3.63, 3.8) is 0 Å². The lowest BCUT2D eigenvalue weighted by Crippen LogP contribution is -2.10. The van der Waals surface area contributed by atoms with Crippen LogP contribution in [-0.2, 0) is 11.8 Å². The van der Waals surface area contributed by atoms with Crippen LogP contribution >= 0.6 is 0 Å². The lowest BCUT2D eigenvalue weighted by atomic mass is 9.86. The summed E-state index contributed by atoms with van der Waals surface area (Å²) in [4.78, 5) is 0. The molecule has 3 aromatic carbocycles. The molecule has 0 unspecified atom stereocenters. The Morgan fingerprint density at radius 2 is 1.26 bits per heavy atom. The molecule has 0 saturated heterocycles. The van der Waals surface area contributed by atoms with E-state index in [1.807, 2.05) is 0 Å².